The number of nitrogens with one attached hydrogen (secondary N) is 2. The molecule has 2 aromatic carbocycles. The van der Waals surface area contributed by atoms with E-state index in [0.717, 1.165) is 22.2 Å². The molecule has 2 N–H and O–H groups in total. The summed E-state index contributed by atoms with van der Waals surface area (Å²) < 4.78 is 27.1. The van der Waals surface area contributed by atoms with Crippen LogP contribution in [0.4, 0.5) is 20.2 Å². The quantitative estimate of drug-likeness (QED) is 0.868. The minimum Gasteiger partial charge on any atom is -0.374 e. The van der Waals surface area contributed by atoms with Crippen molar-refractivity contribution in [1.82, 2.24) is 0 Å². The lowest BCUT2D eigenvalue weighted by Crippen LogP contribution is -2.22. The molecule has 0 heterocycles. The van der Waals surface area contributed by atoms with Crippen molar-refractivity contribution in [3.63, 3.8) is 0 Å². The maximum atomic E-state index is 13.4. The summed E-state index contributed by atoms with van der Waals surface area (Å²) in [6.45, 7) is 1.80. The highest BCUT2D eigenvalue weighted by Crippen LogP contribution is 2.20. The number of hydrogen-bond acceptors (Lipinski definition) is 2. The SMILES string of the molecule is Cc1cc(NC(=O)CNc2ccc(F)cc2F)ccc1Br. The van der Waals surface area contributed by atoms with Crippen molar-refractivity contribution in [3.8, 4) is 0 Å². The van der Waals surface area contributed by atoms with Gasteiger partial charge >= 0.3 is 0 Å². The van der Waals surface area contributed by atoms with Crippen LogP contribution in [0.25, 0.3) is 0 Å². The van der Waals surface area contributed by atoms with Gasteiger partial charge in [0.1, 0.15) is 11.6 Å². The predicted octanol–water partition coefficient (Wildman–Crippen LogP) is 4.09. The second kappa shape index (κ2) is 6.67. The molecule has 3 nitrogen and oxygen atoms in total. The molecule has 0 bridgehead atoms. The first-order chi connectivity index (χ1) is 9.95. The lowest BCUT2D eigenvalue weighted by atomic mass is 10.2. The molecule has 6 heteroatoms. The first-order valence-corrected chi connectivity index (χ1v) is 7.00. The Morgan fingerprint density at radius 2 is 1.95 bits per heavy atom. The fraction of sp³-hybridized carbons (Fsp3) is 0.133. The number of benzene rings is 2. The van der Waals surface area contributed by atoms with Gasteiger partial charge in [0.15, 0.2) is 0 Å². The van der Waals surface area contributed by atoms with E-state index in [1.807, 2.05) is 19.1 Å². The van der Waals surface area contributed by atoms with Crippen molar-refractivity contribution >= 4 is 33.2 Å². The van der Waals surface area contributed by atoms with E-state index in [4.69, 9.17) is 0 Å². The standard InChI is InChI=1S/C15H13BrF2N2O/c1-9-6-11(3-4-12(9)16)20-15(21)8-19-14-5-2-10(17)7-13(14)18/h2-7,19H,8H2,1H3,(H,20,21). The van der Waals surface area contributed by atoms with E-state index in [1.54, 1.807) is 6.07 Å². The Balaban J connectivity index is 1.94. The highest BCUT2D eigenvalue weighted by molar-refractivity contribution is 9.10. The molecule has 2 aromatic rings. The summed E-state index contributed by atoms with van der Waals surface area (Å²) in [5.74, 6) is -1.71. The van der Waals surface area contributed by atoms with E-state index >= 15 is 0 Å². The van der Waals surface area contributed by atoms with Crippen LogP contribution in [0.2, 0.25) is 0 Å². The van der Waals surface area contributed by atoms with E-state index in [9.17, 15) is 13.6 Å². The lowest BCUT2D eigenvalue weighted by molar-refractivity contribution is -0.114. The molecule has 2 rings (SSSR count). The van der Waals surface area contributed by atoms with Crippen molar-refractivity contribution < 1.29 is 13.6 Å². The van der Waals surface area contributed by atoms with Crippen LogP contribution in [-0.4, -0.2) is 12.5 Å². The van der Waals surface area contributed by atoms with Gasteiger partial charge in [-0.2, -0.15) is 0 Å². The number of hydrogen-bond donors (Lipinski definition) is 2. The number of carbonyl (C=O) groups is 1. The van der Waals surface area contributed by atoms with Crippen LogP contribution in [0.1, 0.15) is 5.56 Å². The van der Waals surface area contributed by atoms with Gasteiger partial charge in [0, 0.05) is 16.2 Å². The Hall–Kier alpha value is -1.95. The summed E-state index contributed by atoms with van der Waals surface area (Å²) in [5.41, 5.74) is 1.73. The number of aryl methyl sites for hydroxylation is 1. The summed E-state index contributed by atoms with van der Waals surface area (Å²) in [4.78, 5) is 11.8. The average Bonchev–Trinajstić information content (AvgIpc) is 2.42. The molecular formula is C15H13BrF2N2O. The van der Waals surface area contributed by atoms with Crippen LogP contribution in [0.5, 0.6) is 0 Å². The van der Waals surface area contributed by atoms with Gasteiger partial charge in [-0.3, -0.25) is 4.79 Å². The molecule has 0 saturated heterocycles. The summed E-state index contributed by atoms with van der Waals surface area (Å²) in [6.07, 6.45) is 0. The van der Waals surface area contributed by atoms with E-state index in [0.29, 0.717) is 5.69 Å². The maximum absolute atomic E-state index is 13.4. The molecule has 0 aliphatic rings. The molecule has 110 valence electrons. The topological polar surface area (TPSA) is 41.1 Å². The average molecular weight is 355 g/mol. The highest BCUT2D eigenvalue weighted by atomic mass is 79.9. The van der Waals surface area contributed by atoms with Crippen molar-refractivity contribution in [2.24, 2.45) is 0 Å². The molecule has 0 aromatic heterocycles. The Kier molecular flexibility index (Phi) is 4.90. The Bertz CT molecular complexity index is 677. The number of amides is 1. The van der Waals surface area contributed by atoms with E-state index in [2.05, 4.69) is 26.6 Å². The number of carbonyl (C=O) groups excluding carboxylic acids is 1. The normalized spacial score (nSPS) is 10.3. The molecule has 0 aliphatic heterocycles. The Morgan fingerprint density at radius 3 is 2.62 bits per heavy atom. The molecule has 0 fully saturated rings. The zero-order chi connectivity index (χ0) is 15.4. The van der Waals surface area contributed by atoms with Crippen LogP contribution < -0.4 is 10.6 Å². The Labute approximate surface area is 129 Å². The zero-order valence-electron chi connectivity index (χ0n) is 11.2. The third-order valence-corrected chi connectivity index (χ3v) is 3.70. The number of rotatable bonds is 4. The van der Waals surface area contributed by atoms with Gasteiger partial charge in [0.05, 0.1) is 12.2 Å². The zero-order valence-corrected chi connectivity index (χ0v) is 12.8. The van der Waals surface area contributed by atoms with Crippen LogP contribution in [0.3, 0.4) is 0 Å². The first kappa shape index (κ1) is 15.4. The number of anilines is 2. The third-order valence-electron chi connectivity index (χ3n) is 2.81. The monoisotopic (exact) mass is 354 g/mol. The number of halogens is 3. The fourth-order valence-electron chi connectivity index (χ4n) is 1.74. The Morgan fingerprint density at radius 1 is 1.19 bits per heavy atom. The van der Waals surface area contributed by atoms with Gasteiger partial charge in [0.25, 0.3) is 0 Å². The van der Waals surface area contributed by atoms with Crippen molar-refractivity contribution in [3.05, 3.63) is 58.1 Å². The van der Waals surface area contributed by atoms with Crippen LogP contribution in [0, 0.1) is 18.6 Å². The summed E-state index contributed by atoms with van der Waals surface area (Å²) in [6, 6.07) is 8.55. The molecular weight excluding hydrogens is 342 g/mol. The van der Waals surface area contributed by atoms with Crippen molar-refractivity contribution in [2.45, 2.75) is 6.92 Å². The van der Waals surface area contributed by atoms with E-state index in [1.165, 1.54) is 6.07 Å². The molecule has 0 spiro atoms. The largest absolute Gasteiger partial charge is 0.374 e. The second-order valence-corrected chi connectivity index (χ2v) is 5.34. The van der Waals surface area contributed by atoms with Gasteiger partial charge in [-0.15, -0.1) is 0 Å². The van der Waals surface area contributed by atoms with Crippen LogP contribution in [-0.2, 0) is 4.79 Å². The fourth-order valence-corrected chi connectivity index (χ4v) is 1.98. The molecule has 0 atom stereocenters. The van der Waals surface area contributed by atoms with E-state index in [-0.39, 0.29) is 18.1 Å². The summed E-state index contributed by atoms with van der Waals surface area (Å²) in [7, 11) is 0. The lowest BCUT2D eigenvalue weighted by Gasteiger charge is -2.09. The van der Waals surface area contributed by atoms with Gasteiger partial charge in [-0.05, 0) is 42.8 Å². The predicted molar refractivity (Wildman–Crippen MR) is 82.4 cm³/mol. The maximum Gasteiger partial charge on any atom is 0.243 e. The first-order valence-electron chi connectivity index (χ1n) is 6.20. The molecule has 0 aliphatic carbocycles. The molecule has 0 radical (unpaired) electrons. The summed E-state index contributed by atoms with van der Waals surface area (Å²) in [5, 5.41) is 5.32. The van der Waals surface area contributed by atoms with Gasteiger partial charge in [-0.25, -0.2) is 8.78 Å². The van der Waals surface area contributed by atoms with Crippen LogP contribution >= 0.6 is 15.9 Å². The molecule has 0 unspecified atom stereocenters. The molecule has 21 heavy (non-hydrogen) atoms. The minimum absolute atomic E-state index is 0.0820. The van der Waals surface area contributed by atoms with E-state index < -0.39 is 11.6 Å². The minimum atomic E-state index is -0.734. The molecule has 0 saturated carbocycles. The van der Waals surface area contributed by atoms with Gasteiger partial charge in [0.2, 0.25) is 5.91 Å². The molecule has 1 amide bonds. The van der Waals surface area contributed by atoms with Gasteiger partial charge < -0.3 is 10.6 Å². The highest BCUT2D eigenvalue weighted by Gasteiger charge is 2.07. The van der Waals surface area contributed by atoms with Crippen molar-refractivity contribution in [1.29, 1.82) is 0 Å². The summed E-state index contributed by atoms with van der Waals surface area (Å²) >= 11 is 3.37. The van der Waals surface area contributed by atoms with Crippen molar-refractivity contribution in [2.75, 3.05) is 17.2 Å². The van der Waals surface area contributed by atoms with Gasteiger partial charge in [-0.1, -0.05) is 15.9 Å². The van der Waals surface area contributed by atoms with Crippen LogP contribution in [0.15, 0.2) is 40.9 Å². The third kappa shape index (κ3) is 4.26. The smallest absolute Gasteiger partial charge is 0.243 e. The second-order valence-electron chi connectivity index (χ2n) is 4.49.